The molecular weight excluding hydrogens is 256 g/mol. The average Bonchev–Trinajstić information content (AvgIpc) is 2.35. The zero-order valence-electron chi connectivity index (χ0n) is 12.9. The van der Waals surface area contributed by atoms with Gasteiger partial charge < -0.3 is 10.1 Å². The number of nitrogens with one attached hydrogen (secondary N) is 1. The number of likely N-dealkylation sites (tertiary alicyclic amines) is 1. The molecule has 0 aromatic carbocycles. The van der Waals surface area contributed by atoms with Crippen molar-refractivity contribution in [3.05, 3.63) is 0 Å². The van der Waals surface area contributed by atoms with Gasteiger partial charge in [0.05, 0.1) is 0 Å². The Labute approximate surface area is 121 Å². The lowest BCUT2D eigenvalue weighted by Gasteiger charge is -2.43. The van der Waals surface area contributed by atoms with E-state index in [9.17, 15) is 9.59 Å². The summed E-state index contributed by atoms with van der Waals surface area (Å²) >= 11 is 0. The van der Waals surface area contributed by atoms with Crippen molar-refractivity contribution in [2.75, 3.05) is 13.1 Å². The number of ether oxygens (including phenoxy) is 1. The molecule has 0 aliphatic carbocycles. The predicted octanol–water partition coefficient (Wildman–Crippen LogP) is 1.32. The molecule has 1 N–H and O–H groups in total. The van der Waals surface area contributed by atoms with Gasteiger partial charge in [0.25, 0.3) is 0 Å². The molecule has 2 heterocycles. The average molecular weight is 282 g/mol. The van der Waals surface area contributed by atoms with E-state index in [0.29, 0.717) is 18.4 Å². The summed E-state index contributed by atoms with van der Waals surface area (Å²) in [6.07, 6.45) is 2.45. The van der Waals surface area contributed by atoms with E-state index >= 15 is 0 Å². The first kappa shape index (κ1) is 15.3. The fraction of sp³-hybridized carbons (Fsp3) is 0.867. The molecule has 0 bridgehead atoms. The number of piperidine rings is 2. The Hall–Kier alpha value is -1.10. The summed E-state index contributed by atoms with van der Waals surface area (Å²) in [6.45, 7) is 9.28. The van der Waals surface area contributed by atoms with Crippen LogP contribution in [0.1, 0.15) is 47.0 Å². The number of rotatable bonds is 2. The smallest absolute Gasteiger partial charge is 0.323 e. The molecule has 0 aromatic heterocycles. The number of hydrogen-bond acceptors (Lipinski definition) is 4. The number of amides is 1. The summed E-state index contributed by atoms with van der Waals surface area (Å²) in [4.78, 5) is 25.7. The van der Waals surface area contributed by atoms with Crippen molar-refractivity contribution >= 4 is 11.9 Å². The summed E-state index contributed by atoms with van der Waals surface area (Å²) in [7, 11) is 0. The number of fused-ring (bicyclic) bond motifs is 1. The first-order valence-corrected chi connectivity index (χ1v) is 7.52. The molecule has 5 nitrogen and oxygen atoms in total. The molecule has 0 saturated carbocycles. The van der Waals surface area contributed by atoms with Gasteiger partial charge in [0.1, 0.15) is 11.6 Å². The number of carbonyl (C=O) groups excluding carboxylic acids is 2. The third-order valence-corrected chi connectivity index (χ3v) is 4.15. The van der Waals surface area contributed by atoms with Crippen LogP contribution < -0.4 is 5.32 Å². The maximum atomic E-state index is 12.1. The van der Waals surface area contributed by atoms with Gasteiger partial charge in [-0.25, -0.2) is 0 Å². The Bertz CT molecular complexity index is 389. The number of nitrogens with zero attached hydrogens (tertiary/aromatic N) is 1. The van der Waals surface area contributed by atoms with Crippen LogP contribution in [0.25, 0.3) is 0 Å². The molecule has 2 aliphatic heterocycles. The van der Waals surface area contributed by atoms with Crippen LogP contribution in [0.3, 0.4) is 0 Å². The van der Waals surface area contributed by atoms with Crippen molar-refractivity contribution < 1.29 is 14.3 Å². The molecule has 5 heteroatoms. The fourth-order valence-corrected chi connectivity index (χ4v) is 3.03. The lowest BCUT2D eigenvalue weighted by atomic mass is 9.84. The van der Waals surface area contributed by atoms with Crippen molar-refractivity contribution in [2.45, 2.75) is 64.6 Å². The molecule has 3 atom stereocenters. The van der Waals surface area contributed by atoms with E-state index in [1.54, 1.807) is 0 Å². The van der Waals surface area contributed by atoms with Gasteiger partial charge >= 0.3 is 5.97 Å². The van der Waals surface area contributed by atoms with Gasteiger partial charge in [-0.2, -0.15) is 0 Å². The quantitative estimate of drug-likeness (QED) is 0.776. The second-order valence-electron chi connectivity index (χ2n) is 6.97. The normalized spacial score (nSPS) is 29.3. The summed E-state index contributed by atoms with van der Waals surface area (Å²) < 4.78 is 5.46. The van der Waals surface area contributed by atoms with Crippen LogP contribution in [0.5, 0.6) is 0 Å². The van der Waals surface area contributed by atoms with E-state index < -0.39 is 5.60 Å². The molecule has 2 aliphatic rings. The first-order chi connectivity index (χ1) is 9.26. The standard InChI is InChI=1S/C15H26N2O3/c1-10(14(19)20-15(2,3)4)17-8-7-12-11(9-17)5-6-13(18)16-12/h10-12H,5-9H2,1-4H3,(H,16,18). The van der Waals surface area contributed by atoms with Crippen LogP contribution in [-0.2, 0) is 14.3 Å². The summed E-state index contributed by atoms with van der Waals surface area (Å²) in [6, 6.07) is 0.0751. The highest BCUT2D eigenvalue weighted by Gasteiger charge is 2.37. The lowest BCUT2D eigenvalue weighted by molar-refractivity contribution is -0.162. The van der Waals surface area contributed by atoms with Gasteiger partial charge in [0.15, 0.2) is 0 Å². The lowest BCUT2D eigenvalue weighted by Crippen LogP contribution is -2.57. The van der Waals surface area contributed by atoms with Gasteiger partial charge in [-0.15, -0.1) is 0 Å². The number of carbonyl (C=O) groups is 2. The van der Waals surface area contributed by atoms with Crippen LogP contribution in [0.15, 0.2) is 0 Å². The molecular formula is C15H26N2O3. The zero-order valence-corrected chi connectivity index (χ0v) is 12.9. The topological polar surface area (TPSA) is 58.6 Å². The number of hydrogen-bond donors (Lipinski definition) is 1. The van der Waals surface area contributed by atoms with E-state index in [-0.39, 0.29) is 17.9 Å². The maximum Gasteiger partial charge on any atom is 0.323 e. The highest BCUT2D eigenvalue weighted by Crippen LogP contribution is 2.27. The Morgan fingerprint density at radius 1 is 1.40 bits per heavy atom. The Morgan fingerprint density at radius 3 is 2.75 bits per heavy atom. The van der Waals surface area contributed by atoms with Crippen molar-refractivity contribution in [3.8, 4) is 0 Å². The Balaban J connectivity index is 1.91. The van der Waals surface area contributed by atoms with E-state index in [4.69, 9.17) is 4.74 Å². The third-order valence-electron chi connectivity index (χ3n) is 4.15. The third kappa shape index (κ3) is 3.72. The van der Waals surface area contributed by atoms with Crippen LogP contribution in [0.2, 0.25) is 0 Å². The molecule has 3 unspecified atom stereocenters. The zero-order chi connectivity index (χ0) is 14.9. The van der Waals surface area contributed by atoms with E-state index in [1.807, 2.05) is 27.7 Å². The molecule has 0 aromatic rings. The van der Waals surface area contributed by atoms with Crippen LogP contribution in [0, 0.1) is 5.92 Å². The van der Waals surface area contributed by atoms with Crippen LogP contribution >= 0.6 is 0 Å². The molecule has 2 rings (SSSR count). The highest BCUT2D eigenvalue weighted by molar-refractivity contribution is 5.77. The summed E-state index contributed by atoms with van der Waals surface area (Å²) in [5.41, 5.74) is -0.442. The Kier molecular flexibility index (Phi) is 4.37. The van der Waals surface area contributed by atoms with Crippen molar-refractivity contribution in [2.24, 2.45) is 5.92 Å². The monoisotopic (exact) mass is 282 g/mol. The minimum atomic E-state index is -0.442. The van der Waals surface area contributed by atoms with Gasteiger partial charge in [-0.3, -0.25) is 14.5 Å². The molecule has 114 valence electrons. The largest absolute Gasteiger partial charge is 0.459 e. The second-order valence-corrected chi connectivity index (χ2v) is 6.97. The minimum Gasteiger partial charge on any atom is -0.459 e. The molecule has 2 fully saturated rings. The molecule has 1 amide bonds. The highest BCUT2D eigenvalue weighted by atomic mass is 16.6. The van der Waals surface area contributed by atoms with E-state index in [2.05, 4.69) is 10.2 Å². The van der Waals surface area contributed by atoms with Crippen LogP contribution in [0.4, 0.5) is 0 Å². The number of esters is 1. The second kappa shape index (κ2) is 5.72. The SMILES string of the molecule is CC(C(=O)OC(C)(C)C)N1CCC2NC(=O)CCC2C1. The first-order valence-electron chi connectivity index (χ1n) is 7.52. The molecule has 0 radical (unpaired) electrons. The Morgan fingerprint density at radius 2 is 2.10 bits per heavy atom. The van der Waals surface area contributed by atoms with Crippen LogP contribution in [-0.4, -0.2) is 47.6 Å². The van der Waals surface area contributed by atoms with E-state index in [0.717, 1.165) is 25.9 Å². The molecule has 0 spiro atoms. The van der Waals surface area contributed by atoms with Crippen molar-refractivity contribution in [1.82, 2.24) is 10.2 Å². The minimum absolute atomic E-state index is 0.157. The fourth-order valence-electron chi connectivity index (χ4n) is 3.03. The molecule has 20 heavy (non-hydrogen) atoms. The predicted molar refractivity (Wildman–Crippen MR) is 76.2 cm³/mol. The molecule has 2 saturated heterocycles. The van der Waals surface area contributed by atoms with Gasteiger partial charge in [0, 0.05) is 25.6 Å². The van der Waals surface area contributed by atoms with Gasteiger partial charge in [-0.05, 0) is 46.5 Å². The summed E-state index contributed by atoms with van der Waals surface area (Å²) in [5.74, 6) is 0.474. The van der Waals surface area contributed by atoms with Gasteiger partial charge in [0.2, 0.25) is 5.91 Å². The van der Waals surface area contributed by atoms with Crippen molar-refractivity contribution in [1.29, 1.82) is 0 Å². The van der Waals surface area contributed by atoms with E-state index in [1.165, 1.54) is 0 Å². The van der Waals surface area contributed by atoms with Gasteiger partial charge in [-0.1, -0.05) is 0 Å². The van der Waals surface area contributed by atoms with Crippen molar-refractivity contribution in [3.63, 3.8) is 0 Å². The maximum absolute atomic E-state index is 12.1. The summed E-state index contributed by atoms with van der Waals surface area (Å²) in [5, 5.41) is 3.06.